The Hall–Kier alpha value is -3.72. The molecule has 3 aromatic rings. The Labute approximate surface area is 200 Å². The second-order valence-corrected chi connectivity index (χ2v) is 8.44. The van der Waals surface area contributed by atoms with Crippen LogP contribution in [0.2, 0.25) is 0 Å². The second-order valence-electron chi connectivity index (χ2n) is 7.43. The number of carbonyl (C=O) groups is 1. The molecule has 0 N–H and O–H groups in total. The van der Waals surface area contributed by atoms with E-state index in [9.17, 15) is 9.59 Å². The summed E-state index contributed by atoms with van der Waals surface area (Å²) in [6, 6.07) is 8.34. The standard InChI is InChI=1S/C25H25N3O5S/c1-5-32-19-13-17(9-10-18(19)31-4)22-21(24(30)33-6-2)15(3)27-25-28(22)23(29)20(34-25)12-16-8-7-11-26-14-16/h7-14,22H,5-6H2,1-4H3/b20-12-/t22-/m0/s1. The Morgan fingerprint density at radius 1 is 1.21 bits per heavy atom. The summed E-state index contributed by atoms with van der Waals surface area (Å²) in [6.07, 6.45) is 5.13. The highest BCUT2D eigenvalue weighted by molar-refractivity contribution is 7.07. The zero-order valence-corrected chi connectivity index (χ0v) is 20.2. The molecule has 176 valence electrons. The van der Waals surface area contributed by atoms with Crippen molar-refractivity contribution in [3.63, 3.8) is 0 Å². The lowest BCUT2D eigenvalue weighted by molar-refractivity contribution is -0.139. The molecule has 4 rings (SSSR count). The molecule has 0 saturated carbocycles. The van der Waals surface area contributed by atoms with Gasteiger partial charge < -0.3 is 14.2 Å². The molecule has 8 nitrogen and oxygen atoms in total. The first-order valence-corrected chi connectivity index (χ1v) is 11.7. The number of ether oxygens (including phenoxy) is 3. The average Bonchev–Trinajstić information content (AvgIpc) is 3.13. The Kier molecular flexibility index (Phi) is 6.93. The van der Waals surface area contributed by atoms with Gasteiger partial charge in [0.25, 0.3) is 5.56 Å². The van der Waals surface area contributed by atoms with Gasteiger partial charge in [-0.25, -0.2) is 9.79 Å². The van der Waals surface area contributed by atoms with Gasteiger partial charge in [0, 0.05) is 12.4 Å². The predicted octanol–water partition coefficient (Wildman–Crippen LogP) is 2.60. The van der Waals surface area contributed by atoms with Crippen molar-refractivity contribution in [2.24, 2.45) is 4.99 Å². The quantitative estimate of drug-likeness (QED) is 0.484. The Morgan fingerprint density at radius 3 is 2.71 bits per heavy atom. The summed E-state index contributed by atoms with van der Waals surface area (Å²) in [6.45, 7) is 6.02. The fourth-order valence-corrected chi connectivity index (χ4v) is 4.90. The fourth-order valence-electron chi connectivity index (χ4n) is 3.85. The normalized spacial score (nSPS) is 15.5. The third-order valence-corrected chi connectivity index (χ3v) is 6.29. The van der Waals surface area contributed by atoms with Gasteiger partial charge in [-0.15, -0.1) is 0 Å². The van der Waals surface area contributed by atoms with Gasteiger partial charge in [-0.1, -0.05) is 23.5 Å². The number of nitrogens with zero attached hydrogens (tertiary/aromatic N) is 3. The van der Waals surface area contributed by atoms with E-state index in [4.69, 9.17) is 14.2 Å². The number of allylic oxidation sites excluding steroid dienone is 1. The van der Waals surface area contributed by atoms with E-state index >= 15 is 0 Å². The number of pyridine rings is 1. The van der Waals surface area contributed by atoms with Crippen molar-refractivity contribution in [1.82, 2.24) is 9.55 Å². The molecule has 3 heterocycles. The van der Waals surface area contributed by atoms with E-state index in [1.165, 1.54) is 11.3 Å². The maximum absolute atomic E-state index is 13.6. The number of benzene rings is 1. The zero-order valence-electron chi connectivity index (χ0n) is 19.4. The molecule has 0 unspecified atom stereocenters. The van der Waals surface area contributed by atoms with Crippen LogP contribution in [-0.4, -0.2) is 35.8 Å². The molecular weight excluding hydrogens is 454 g/mol. The highest BCUT2D eigenvalue weighted by atomic mass is 32.1. The van der Waals surface area contributed by atoms with Crippen LogP contribution < -0.4 is 24.4 Å². The van der Waals surface area contributed by atoms with Crippen molar-refractivity contribution in [3.8, 4) is 11.5 Å². The minimum atomic E-state index is -0.725. The molecule has 1 aliphatic heterocycles. The van der Waals surface area contributed by atoms with Crippen molar-refractivity contribution < 1.29 is 19.0 Å². The van der Waals surface area contributed by atoms with Gasteiger partial charge in [-0.3, -0.25) is 14.3 Å². The molecule has 0 fully saturated rings. The summed E-state index contributed by atoms with van der Waals surface area (Å²) in [5.41, 5.74) is 2.06. The number of hydrogen-bond acceptors (Lipinski definition) is 8. The predicted molar refractivity (Wildman–Crippen MR) is 129 cm³/mol. The number of carbonyl (C=O) groups excluding carboxylic acids is 1. The smallest absolute Gasteiger partial charge is 0.338 e. The molecule has 0 aliphatic carbocycles. The Bertz CT molecular complexity index is 1420. The molecular formula is C25H25N3O5S. The summed E-state index contributed by atoms with van der Waals surface area (Å²) in [5, 5.41) is 0. The van der Waals surface area contributed by atoms with Crippen LogP contribution in [0.3, 0.4) is 0 Å². The number of methoxy groups -OCH3 is 1. The van der Waals surface area contributed by atoms with Crippen molar-refractivity contribution in [1.29, 1.82) is 0 Å². The van der Waals surface area contributed by atoms with Crippen LogP contribution in [0.1, 0.15) is 37.9 Å². The van der Waals surface area contributed by atoms with Gasteiger partial charge >= 0.3 is 5.97 Å². The van der Waals surface area contributed by atoms with Gasteiger partial charge in [0.15, 0.2) is 16.3 Å². The van der Waals surface area contributed by atoms with E-state index in [1.54, 1.807) is 62.2 Å². The van der Waals surface area contributed by atoms with Crippen LogP contribution >= 0.6 is 11.3 Å². The van der Waals surface area contributed by atoms with Crippen LogP contribution in [0.15, 0.2) is 63.8 Å². The first-order chi connectivity index (χ1) is 16.5. The minimum Gasteiger partial charge on any atom is -0.493 e. The maximum atomic E-state index is 13.6. The zero-order chi connectivity index (χ0) is 24.2. The summed E-state index contributed by atoms with van der Waals surface area (Å²) >= 11 is 1.27. The Morgan fingerprint density at radius 2 is 2.03 bits per heavy atom. The van der Waals surface area contributed by atoms with E-state index in [1.807, 2.05) is 19.1 Å². The molecule has 0 bridgehead atoms. The summed E-state index contributed by atoms with van der Waals surface area (Å²) in [5.74, 6) is 0.579. The third-order valence-electron chi connectivity index (χ3n) is 5.30. The van der Waals surface area contributed by atoms with Crippen molar-refractivity contribution >= 4 is 23.4 Å². The van der Waals surface area contributed by atoms with Crippen LogP contribution in [0.5, 0.6) is 11.5 Å². The molecule has 1 aromatic carbocycles. The third kappa shape index (κ3) is 4.38. The summed E-state index contributed by atoms with van der Waals surface area (Å²) in [7, 11) is 1.56. The first-order valence-electron chi connectivity index (χ1n) is 10.9. The van der Waals surface area contributed by atoms with E-state index in [0.717, 1.165) is 5.56 Å². The summed E-state index contributed by atoms with van der Waals surface area (Å²) in [4.78, 5) is 35.8. The number of hydrogen-bond donors (Lipinski definition) is 0. The lowest BCUT2D eigenvalue weighted by Gasteiger charge is -2.25. The van der Waals surface area contributed by atoms with Crippen LogP contribution in [0, 0.1) is 0 Å². The van der Waals surface area contributed by atoms with Crippen LogP contribution in [-0.2, 0) is 9.53 Å². The largest absolute Gasteiger partial charge is 0.493 e. The van der Waals surface area contributed by atoms with E-state index in [2.05, 4.69) is 9.98 Å². The number of thiazole rings is 1. The van der Waals surface area contributed by atoms with Crippen LogP contribution in [0.25, 0.3) is 6.08 Å². The summed E-state index contributed by atoms with van der Waals surface area (Å²) < 4.78 is 18.5. The van der Waals surface area contributed by atoms with Crippen molar-refractivity contribution in [3.05, 3.63) is 84.8 Å². The van der Waals surface area contributed by atoms with Gasteiger partial charge in [0.1, 0.15) is 0 Å². The fraction of sp³-hybridized carbons (Fsp3) is 0.280. The second kappa shape index (κ2) is 10.0. The van der Waals surface area contributed by atoms with E-state index in [-0.39, 0.29) is 12.2 Å². The van der Waals surface area contributed by atoms with E-state index in [0.29, 0.717) is 44.3 Å². The number of fused-ring (bicyclic) bond motifs is 1. The monoisotopic (exact) mass is 479 g/mol. The topological polar surface area (TPSA) is 92.0 Å². The number of esters is 1. The molecule has 0 saturated heterocycles. The molecule has 1 aliphatic rings. The first kappa shape index (κ1) is 23.4. The lowest BCUT2D eigenvalue weighted by Crippen LogP contribution is -2.40. The van der Waals surface area contributed by atoms with Gasteiger partial charge in [-0.05, 0) is 56.2 Å². The molecule has 0 radical (unpaired) electrons. The molecule has 34 heavy (non-hydrogen) atoms. The van der Waals surface area contributed by atoms with Crippen LogP contribution in [0.4, 0.5) is 0 Å². The maximum Gasteiger partial charge on any atom is 0.338 e. The molecule has 1 atom stereocenters. The molecule has 2 aromatic heterocycles. The Balaban J connectivity index is 1.97. The lowest BCUT2D eigenvalue weighted by atomic mass is 9.95. The molecule has 0 spiro atoms. The highest BCUT2D eigenvalue weighted by Gasteiger charge is 2.33. The highest BCUT2D eigenvalue weighted by Crippen LogP contribution is 2.36. The number of rotatable bonds is 7. The van der Waals surface area contributed by atoms with Crippen molar-refractivity contribution in [2.75, 3.05) is 20.3 Å². The molecule has 0 amide bonds. The van der Waals surface area contributed by atoms with E-state index < -0.39 is 12.0 Å². The minimum absolute atomic E-state index is 0.209. The van der Waals surface area contributed by atoms with Gasteiger partial charge in [0.05, 0.1) is 42.2 Å². The van der Waals surface area contributed by atoms with Gasteiger partial charge in [0.2, 0.25) is 0 Å². The average molecular weight is 480 g/mol. The SMILES string of the molecule is CCOC(=O)C1=C(C)N=c2s/c(=C\c3cccnc3)c(=O)n2[C@H]1c1ccc(OC)c(OCC)c1. The van der Waals surface area contributed by atoms with Gasteiger partial charge in [-0.2, -0.15) is 0 Å². The van der Waals surface area contributed by atoms with Crippen molar-refractivity contribution in [2.45, 2.75) is 26.8 Å². The number of aromatic nitrogens is 2. The molecule has 9 heteroatoms.